The van der Waals surface area contributed by atoms with E-state index in [1.54, 1.807) is 0 Å². The van der Waals surface area contributed by atoms with Crippen LogP contribution in [-0.4, -0.2) is 26.4 Å². The van der Waals surface area contributed by atoms with Gasteiger partial charge < -0.3 is 20.6 Å². The van der Waals surface area contributed by atoms with Crippen molar-refractivity contribution in [2.45, 2.75) is 39.5 Å². The normalized spacial score (nSPS) is 8.50. The van der Waals surface area contributed by atoms with Crippen molar-refractivity contribution >= 4 is 11.4 Å². The topological polar surface area (TPSA) is 118 Å². The van der Waals surface area contributed by atoms with Crippen molar-refractivity contribution in [3.8, 4) is 0 Å². The van der Waals surface area contributed by atoms with Gasteiger partial charge in [0.05, 0.1) is 13.1 Å². The quantitative estimate of drug-likeness (QED) is 0.604. The van der Waals surface area contributed by atoms with Gasteiger partial charge in [-0.05, 0) is 12.8 Å². The van der Waals surface area contributed by atoms with Crippen LogP contribution in [0.25, 0.3) is 0 Å². The Bertz CT molecular complexity index is 90.6. The lowest BCUT2D eigenvalue weighted by Crippen LogP contribution is -2.49. The molecule has 0 aliphatic rings. The SMILES string of the molecule is CCCC[NH3+].CCCC[NH3+].O=S([O-])[O-]. The van der Waals surface area contributed by atoms with Gasteiger partial charge in [-0.25, -0.2) is 0 Å². The predicted molar refractivity (Wildman–Crippen MR) is 55.0 cm³/mol. The fourth-order valence-electron chi connectivity index (χ4n) is 0.500. The Morgan fingerprint density at radius 1 is 1.00 bits per heavy atom. The molecule has 0 aromatic heterocycles. The van der Waals surface area contributed by atoms with Crippen molar-refractivity contribution in [1.82, 2.24) is 0 Å². The zero-order valence-corrected chi connectivity index (χ0v) is 10.1. The van der Waals surface area contributed by atoms with Crippen LogP contribution in [0.1, 0.15) is 39.5 Å². The first-order valence-electron chi connectivity index (χ1n) is 4.91. The van der Waals surface area contributed by atoms with Crippen LogP contribution in [0.3, 0.4) is 0 Å². The minimum Gasteiger partial charge on any atom is -0.784 e. The maximum Gasteiger partial charge on any atom is 0.0739 e. The molecule has 0 unspecified atom stereocenters. The fourth-order valence-corrected chi connectivity index (χ4v) is 0.500. The second-order valence-corrected chi connectivity index (χ2v) is 3.03. The highest BCUT2D eigenvalue weighted by Gasteiger charge is 1.71. The summed E-state index contributed by atoms with van der Waals surface area (Å²) in [5.74, 6) is 0. The van der Waals surface area contributed by atoms with E-state index >= 15 is 0 Å². The third-order valence-electron chi connectivity index (χ3n) is 1.21. The van der Waals surface area contributed by atoms with Gasteiger partial charge in [0.25, 0.3) is 0 Å². The van der Waals surface area contributed by atoms with Gasteiger partial charge in [0, 0.05) is 0 Å². The molecule has 6 N–H and O–H groups in total. The molecule has 0 spiro atoms. The van der Waals surface area contributed by atoms with Gasteiger partial charge in [-0.15, -0.1) is 11.4 Å². The van der Waals surface area contributed by atoms with E-state index in [1.807, 2.05) is 0 Å². The van der Waals surface area contributed by atoms with E-state index < -0.39 is 11.4 Å². The molecule has 0 saturated carbocycles. The van der Waals surface area contributed by atoms with Crippen LogP contribution in [0.15, 0.2) is 0 Å². The maximum atomic E-state index is 8.44. The highest BCUT2D eigenvalue weighted by Crippen LogP contribution is 1.76. The van der Waals surface area contributed by atoms with Crippen molar-refractivity contribution in [1.29, 1.82) is 0 Å². The van der Waals surface area contributed by atoms with Crippen LogP contribution in [-0.2, 0) is 11.4 Å². The third kappa shape index (κ3) is 91.0. The van der Waals surface area contributed by atoms with Crippen molar-refractivity contribution in [3.63, 3.8) is 0 Å². The van der Waals surface area contributed by atoms with E-state index in [1.165, 1.54) is 25.7 Å². The minimum absolute atomic E-state index is 1.09. The molecule has 0 atom stereocenters. The first kappa shape index (κ1) is 19.5. The molecule has 0 amide bonds. The summed E-state index contributed by atoms with van der Waals surface area (Å²) in [4.78, 5) is 0. The van der Waals surface area contributed by atoms with Crippen LogP contribution in [0.2, 0.25) is 0 Å². The van der Waals surface area contributed by atoms with Crippen LogP contribution in [0, 0.1) is 0 Å². The van der Waals surface area contributed by atoms with Gasteiger partial charge in [0.2, 0.25) is 0 Å². The Hall–Kier alpha value is -0.0100. The second-order valence-electron chi connectivity index (χ2n) is 2.62. The fraction of sp³-hybridized carbons (Fsp3) is 1.00. The van der Waals surface area contributed by atoms with Gasteiger partial charge in [-0.2, -0.15) is 0 Å². The molecule has 5 nitrogen and oxygen atoms in total. The lowest BCUT2D eigenvalue weighted by Gasteiger charge is -2.03. The first-order valence-corrected chi connectivity index (χ1v) is 5.91. The van der Waals surface area contributed by atoms with Crippen LogP contribution < -0.4 is 11.5 Å². The number of hydrogen-bond acceptors (Lipinski definition) is 3. The molecule has 0 aliphatic carbocycles. The summed E-state index contributed by atoms with van der Waals surface area (Å²) in [6, 6.07) is 0. The lowest BCUT2D eigenvalue weighted by atomic mass is 10.3. The Kier molecular flexibility index (Phi) is 32.3. The predicted octanol–water partition coefficient (Wildman–Crippen LogP) is -0.947. The molecule has 0 rings (SSSR count). The summed E-state index contributed by atoms with van der Waals surface area (Å²) in [6.45, 7) is 6.53. The lowest BCUT2D eigenvalue weighted by molar-refractivity contribution is -0.368. The van der Waals surface area contributed by atoms with E-state index in [0.29, 0.717) is 0 Å². The van der Waals surface area contributed by atoms with E-state index in [-0.39, 0.29) is 0 Å². The van der Waals surface area contributed by atoms with Crippen molar-refractivity contribution in [3.05, 3.63) is 0 Å². The highest BCUT2D eigenvalue weighted by atomic mass is 32.2. The van der Waals surface area contributed by atoms with E-state index in [9.17, 15) is 0 Å². The first-order chi connectivity index (χ1) is 6.56. The van der Waals surface area contributed by atoms with Gasteiger partial charge in [0.15, 0.2) is 0 Å². The molecule has 0 saturated heterocycles. The number of quaternary nitrogens is 2. The van der Waals surface area contributed by atoms with Crippen LogP contribution in [0.5, 0.6) is 0 Å². The molecular weight excluding hydrogens is 204 g/mol. The van der Waals surface area contributed by atoms with Crippen molar-refractivity contribution in [2.75, 3.05) is 13.1 Å². The van der Waals surface area contributed by atoms with E-state index in [0.717, 1.165) is 13.1 Å². The third-order valence-corrected chi connectivity index (χ3v) is 1.21. The van der Waals surface area contributed by atoms with Crippen molar-refractivity contribution in [2.24, 2.45) is 0 Å². The smallest absolute Gasteiger partial charge is 0.0739 e. The minimum atomic E-state index is -3.11. The Labute approximate surface area is 89.4 Å². The number of unbranched alkanes of at least 4 members (excludes halogenated alkanes) is 2. The average molecular weight is 228 g/mol. The number of hydrogen-bond donors (Lipinski definition) is 2. The Balaban J connectivity index is -0.000000131. The van der Waals surface area contributed by atoms with E-state index in [2.05, 4.69) is 25.3 Å². The molecule has 0 bridgehead atoms. The summed E-state index contributed by atoms with van der Waals surface area (Å²) < 4.78 is 25.3. The van der Waals surface area contributed by atoms with E-state index in [4.69, 9.17) is 13.3 Å². The summed E-state index contributed by atoms with van der Waals surface area (Å²) in [5, 5.41) is 0. The molecule has 0 aliphatic heterocycles. The molecular formula is C8H24N2O3S. The molecule has 14 heavy (non-hydrogen) atoms. The largest absolute Gasteiger partial charge is 0.784 e. The summed E-state index contributed by atoms with van der Waals surface area (Å²) in [7, 11) is 0. The summed E-state index contributed by atoms with van der Waals surface area (Å²) in [5.41, 5.74) is 7.35. The summed E-state index contributed by atoms with van der Waals surface area (Å²) in [6.07, 6.45) is 5.12. The summed E-state index contributed by atoms with van der Waals surface area (Å²) >= 11 is -3.11. The molecule has 0 aromatic carbocycles. The standard InChI is InChI=1S/2C4H11N.H2O3S/c2*1-2-3-4-5;1-4(2)3/h2*2-5H2,1H3;(H2,1,2,3). The molecule has 0 fully saturated rings. The monoisotopic (exact) mass is 228 g/mol. The molecule has 0 radical (unpaired) electrons. The molecule has 90 valence electrons. The molecule has 6 heteroatoms. The Morgan fingerprint density at radius 2 is 1.21 bits per heavy atom. The Morgan fingerprint density at radius 3 is 1.21 bits per heavy atom. The zero-order valence-electron chi connectivity index (χ0n) is 9.29. The van der Waals surface area contributed by atoms with Crippen LogP contribution >= 0.6 is 0 Å². The van der Waals surface area contributed by atoms with Gasteiger partial charge in [-0.3, -0.25) is 4.21 Å². The van der Waals surface area contributed by atoms with Crippen LogP contribution in [0.4, 0.5) is 0 Å². The maximum absolute atomic E-state index is 8.44. The second kappa shape index (κ2) is 23.1. The van der Waals surface area contributed by atoms with Gasteiger partial charge in [0.1, 0.15) is 0 Å². The number of rotatable bonds is 4. The average Bonchev–Trinajstić information content (AvgIpc) is 2.07. The zero-order chi connectivity index (χ0) is 11.8. The van der Waals surface area contributed by atoms with Gasteiger partial charge in [-0.1, -0.05) is 26.7 Å². The highest BCUT2D eigenvalue weighted by molar-refractivity contribution is 7.72. The molecule has 0 heterocycles. The molecule has 0 aromatic rings. The van der Waals surface area contributed by atoms with Crippen molar-refractivity contribution < 1.29 is 24.8 Å². The van der Waals surface area contributed by atoms with Gasteiger partial charge >= 0.3 is 0 Å².